The van der Waals surface area contributed by atoms with Crippen LogP contribution in [0.25, 0.3) is 0 Å². The highest BCUT2D eigenvalue weighted by atomic mass is 19.4. The van der Waals surface area contributed by atoms with Crippen LogP contribution in [0.1, 0.15) is 20.8 Å². The lowest BCUT2D eigenvalue weighted by molar-refractivity contribution is -0.331. The standard InChI is InChI=1S/C12H26B8F6N2O2/c1-6(2,3)28-7(14,15)4(13)27(9(17,18)10(28,19)20)5(29)30-8(16,11(21,22)23)12(24,25)26/h4H,13-20H2,1-3H3. The zero-order valence-corrected chi connectivity index (χ0v) is 19.6. The minimum Gasteiger partial charge on any atom is -0.433 e. The van der Waals surface area contributed by atoms with E-state index in [-0.39, 0.29) is 7.85 Å². The number of nitrogens with zero attached hydrogens (tertiary/aromatic N) is 2. The fourth-order valence-corrected chi connectivity index (χ4v) is 4.87. The minimum atomic E-state index is -5.83. The molecule has 0 spiro atoms. The molecule has 1 aliphatic heterocycles. The molecule has 0 radical (unpaired) electrons. The molecule has 0 bridgehead atoms. The Labute approximate surface area is 181 Å². The largest absolute Gasteiger partial charge is 0.433 e. The lowest BCUT2D eigenvalue weighted by Gasteiger charge is -2.72. The summed E-state index contributed by atoms with van der Waals surface area (Å²) in [7, 11) is 12.0. The molecule has 0 aromatic heterocycles. The maximum absolute atomic E-state index is 13.3. The minimum absolute atomic E-state index is 0.162. The second-order valence-corrected chi connectivity index (χ2v) is 10.7. The number of ether oxygens (including phenoxy) is 1. The van der Waals surface area contributed by atoms with Crippen molar-refractivity contribution in [3.63, 3.8) is 0 Å². The molecule has 1 amide bonds. The fourth-order valence-electron chi connectivity index (χ4n) is 4.87. The van der Waals surface area contributed by atoms with E-state index in [0.29, 0.717) is 0 Å². The van der Waals surface area contributed by atoms with Gasteiger partial charge in [0.05, 0.1) is 0 Å². The molecule has 1 heterocycles. The average Bonchev–Trinajstić information content (AvgIpc) is 2.40. The molecule has 1 rings (SSSR count). The quantitative estimate of drug-likeness (QED) is 0.308. The predicted octanol–water partition coefficient (Wildman–Crippen LogP) is -5.29. The topological polar surface area (TPSA) is 32.8 Å². The van der Waals surface area contributed by atoms with Crippen LogP contribution in [0.5, 0.6) is 0 Å². The molecule has 162 valence electrons. The van der Waals surface area contributed by atoms with Gasteiger partial charge in [-0.25, -0.2) is 4.79 Å². The van der Waals surface area contributed by atoms with Crippen molar-refractivity contribution in [2.24, 2.45) is 0 Å². The first-order valence-electron chi connectivity index (χ1n) is 9.74. The van der Waals surface area contributed by atoms with Gasteiger partial charge in [-0.15, -0.1) is 0 Å². The molecule has 1 saturated heterocycles. The Hall–Kier alpha value is -0.671. The van der Waals surface area contributed by atoms with Gasteiger partial charge in [0.15, 0.2) is 7.85 Å². The molecule has 1 unspecified atom stereocenters. The van der Waals surface area contributed by atoms with Gasteiger partial charge in [0.2, 0.25) is 0 Å². The van der Waals surface area contributed by atoms with Crippen LogP contribution in [0.2, 0.25) is 0 Å². The SMILES string of the molecule is BC1N(C(=O)OC(B)(C(F)(F)F)C(F)(F)F)C(B)(B)C(B)(B)N(C(C)(C)C)C1(B)B. The van der Waals surface area contributed by atoms with Crippen molar-refractivity contribution < 1.29 is 35.9 Å². The highest BCUT2D eigenvalue weighted by molar-refractivity contribution is 6.57. The van der Waals surface area contributed by atoms with Gasteiger partial charge in [-0.1, -0.05) is 0 Å². The fraction of sp³-hybridized carbons (Fsp3) is 0.917. The Morgan fingerprint density at radius 2 is 1.23 bits per heavy atom. The van der Waals surface area contributed by atoms with Crippen molar-refractivity contribution in [3.8, 4) is 0 Å². The maximum Gasteiger partial charge on any atom is 0.428 e. The molecule has 0 N–H and O–H groups in total. The third kappa shape index (κ3) is 3.94. The Kier molecular flexibility index (Phi) is 6.54. The Morgan fingerprint density at radius 1 is 0.867 bits per heavy atom. The summed E-state index contributed by atoms with van der Waals surface area (Å²) < 4.78 is 84.1. The van der Waals surface area contributed by atoms with Crippen molar-refractivity contribution in [1.82, 2.24) is 9.80 Å². The molecule has 0 aromatic carbocycles. The van der Waals surface area contributed by atoms with E-state index in [1.165, 1.54) is 0 Å². The van der Waals surface area contributed by atoms with E-state index >= 15 is 0 Å². The summed E-state index contributed by atoms with van der Waals surface area (Å²) in [5, 5.41) is -2.78. The molecule has 1 fully saturated rings. The molecule has 30 heavy (non-hydrogen) atoms. The molecular weight excluding hydrogens is 405 g/mol. The summed E-state index contributed by atoms with van der Waals surface area (Å²) in [5.41, 5.74) is -5.02. The molecule has 0 aliphatic carbocycles. The van der Waals surface area contributed by atoms with Gasteiger partial charge < -0.3 is 14.5 Å². The van der Waals surface area contributed by atoms with Gasteiger partial charge in [-0.3, -0.25) is 0 Å². The first-order chi connectivity index (χ1) is 12.8. The number of halogens is 6. The maximum atomic E-state index is 13.3. The number of carbonyl (C=O) groups excluding carboxylic acids is 1. The molecule has 4 nitrogen and oxygen atoms in total. The summed E-state index contributed by atoms with van der Waals surface area (Å²) in [6.45, 7) is 5.91. The lowest BCUT2D eigenvalue weighted by Crippen LogP contribution is -2.90. The number of hydrogen-bond donors (Lipinski definition) is 0. The third-order valence-corrected chi connectivity index (χ3v) is 6.89. The second kappa shape index (κ2) is 7.17. The van der Waals surface area contributed by atoms with E-state index < -0.39 is 51.4 Å². The first-order valence-corrected chi connectivity index (χ1v) is 9.74. The Morgan fingerprint density at radius 3 is 1.53 bits per heavy atom. The normalized spacial score (nSPS) is 25.0. The summed E-state index contributed by atoms with van der Waals surface area (Å²) in [6, 6.07) is 0. The van der Waals surface area contributed by atoms with Crippen LogP contribution >= 0.6 is 0 Å². The Balaban J connectivity index is 3.61. The van der Waals surface area contributed by atoms with E-state index in [9.17, 15) is 31.1 Å². The number of rotatable bonds is 1. The monoisotopic (exact) mass is 432 g/mol. The third-order valence-electron chi connectivity index (χ3n) is 6.89. The summed E-state index contributed by atoms with van der Waals surface area (Å²) in [6.07, 6.45) is -13.3. The zero-order valence-electron chi connectivity index (χ0n) is 19.6. The summed E-state index contributed by atoms with van der Waals surface area (Å²) in [4.78, 5) is 16.1. The predicted molar refractivity (Wildman–Crippen MR) is 125 cm³/mol. The van der Waals surface area contributed by atoms with Crippen molar-refractivity contribution >= 4 is 68.9 Å². The van der Waals surface area contributed by atoms with Gasteiger partial charge in [-0.05, 0) is 36.8 Å². The molecule has 1 atom stereocenters. The van der Waals surface area contributed by atoms with Crippen molar-refractivity contribution in [2.45, 2.75) is 66.1 Å². The molecule has 0 saturated carbocycles. The van der Waals surface area contributed by atoms with Crippen LogP contribution in [0.4, 0.5) is 31.1 Å². The van der Waals surface area contributed by atoms with E-state index in [1.54, 1.807) is 23.5 Å². The molecule has 18 heteroatoms. The van der Waals surface area contributed by atoms with E-state index in [2.05, 4.69) is 9.64 Å². The van der Waals surface area contributed by atoms with E-state index in [0.717, 1.165) is 4.90 Å². The van der Waals surface area contributed by atoms with Crippen LogP contribution in [0, 0.1) is 0 Å². The van der Waals surface area contributed by atoms with Gasteiger partial charge >= 0.3 is 18.4 Å². The number of alkyl halides is 6. The van der Waals surface area contributed by atoms with Gasteiger partial charge in [0, 0.05) is 11.5 Å². The number of hydrogen-bond acceptors (Lipinski definition) is 3. The van der Waals surface area contributed by atoms with Crippen LogP contribution in [0.3, 0.4) is 0 Å². The van der Waals surface area contributed by atoms with Crippen LogP contribution < -0.4 is 0 Å². The lowest BCUT2D eigenvalue weighted by atomic mass is 9.31. The summed E-state index contributed by atoms with van der Waals surface area (Å²) >= 11 is 0. The van der Waals surface area contributed by atoms with Gasteiger partial charge in [0.25, 0.3) is 5.50 Å². The summed E-state index contributed by atoms with van der Waals surface area (Å²) in [5.74, 6) is -0.752. The van der Waals surface area contributed by atoms with Gasteiger partial charge in [-0.2, -0.15) is 26.3 Å². The zero-order chi connectivity index (χ0) is 24.5. The smallest absolute Gasteiger partial charge is 0.428 e. The number of piperazine rings is 1. The second-order valence-electron chi connectivity index (χ2n) is 10.7. The van der Waals surface area contributed by atoms with Crippen LogP contribution in [-0.2, 0) is 4.74 Å². The van der Waals surface area contributed by atoms with Crippen molar-refractivity contribution in [3.05, 3.63) is 0 Å². The van der Waals surface area contributed by atoms with Crippen molar-refractivity contribution in [2.75, 3.05) is 0 Å². The Bertz CT molecular complexity index is 680. The van der Waals surface area contributed by atoms with E-state index in [1.807, 2.05) is 52.2 Å². The highest BCUT2D eigenvalue weighted by Crippen LogP contribution is 2.46. The van der Waals surface area contributed by atoms with Crippen LogP contribution in [-0.4, -0.2) is 124 Å². The van der Waals surface area contributed by atoms with Crippen LogP contribution in [0.15, 0.2) is 0 Å². The molecule has 1 aliphatic rings. The first kappa shape index (κ1) is 27.4. The molecule has 0 aromatic rings. The number of carbonyl (C=O) groups is 1. The number of amides is 1. The molecular formula is C12H26B8F6N2O2. The van der Waals surface area contributed by atoms with E-state index in [4.69, 9.17) is 0 Å². The van der Waals surface area contributed by atoms with Crippen molar-refractivity contribution in [1.29, 1.82) is 0 Å². The average molecular weight is 431 g/mol. The van der Waals surface area contributed by atoms with Gasteiger partial charge in [0.1, 0.15) is 54.9 Å². The highest BCUT2D eigenvalue weighted by Gasteiger charge is 2.71.